The number of pyridine rings is 1. The number of carbonyl (C=O) groups excluding carboxylic acids is 1. The normalized spacial score (nSPS) is 10.6. The molecule has 0 unspecified atom stereocenters. The van der Waals surface area contributed by atoms with Crippen LogP contribution in [0, 0.1) is 0 Å². The van der Waals surface area contributed by atoms with Gasteiger partial charge in [0.25, 0.3) is 0 Å². The van der Waals surface area contributed by atoms with Crippen LogP contribution in [0.2, 0.25) is 5.15 Å². The zero-order valence-electron chi connectivity index (χ0n) is 11.5. The Morgan fingerprint density at radius 1 is 1.32 bits per heavy atom. The Bertz CT molecular complexity index is 751. The summed E-state index contributed by atoms with van der Waals surface area (Å²) in [6.07, 6.45) is 5.05. The fourth-order valence-corrected chi connectivity index (χ4v) is 1.95. The number of rotatable bonds is 5. The van der Waals surface area contributed by atoms with Gasteiger partial charge in [-0.05, 0) is 24.3 Å². The van der Waals surface area contributed by atoms with Gasteiger partial charge in [0.05, 0.1) is 6.54 Å². The summed E-state index contributed by atoms with van der Waals surface area (Å²) < 4.78 is 12.3. The van der Waals surface area contributed by atoms with Crippen LogP contribution in [0.15, 0.2) is 53.3 Å². The molecule has 0 radical (unpaired) electrons. The second-order valence-corrected chi connectivity index (χ2v) is 4.92. The van der Waals surface area contributed by atoms with Gasteiger partial charge in [0.15, 0.2) is 0 Å². The Hall–Kier alpha value is -2.60. The van der Waals surface area contributed by atoms with E-state index in [0.29, 0.717) is 17.5 Å². The average molecular weight is 318 g/mol. The number of nitrogens with zero attached hydrogens (tertiary/aromatic N) is 3. The molecular formula is C15H12ClN3O3. The third-order valence-corrected chi connectivity index (χ3v) is 3.12. The highest BCUT2D eigenvalue weighted by molar-refractivity contribution is 6.29. The summed E-state index contributed by atoms with van der Waals surface area (Å²) in [6.45, 7) is 0.569. The monoisotopic (exact) mass is 317 g/mol. The van der Waals surface area contributed by atoms with Gasteiger partial charge in [-0.15, -0.1) is 0 Å². The maximum Gasteiger partial charge on any atom is 0.374 e. The minimum atomic E-state index is -0.526. The van der Waals surface area contributed by atoms with E-state index in [1.54, 1.807) is 41.3 Å². The molecule has 0 aliphatic carbocycles. The lowest BCUT2D eigenvalue weighted by Crippen LogP contribution is -2.04. The van der Waals surface area contributed by atoms with E-state index in [9.17, 15) is 4.79 Å². The van der Waals surface area contributed by atoms with E-state index in [0.717, 1.165) is 5.56 Å². The van der Waals surface area contributed by atoms with Crippen LogP contribution in [0.1, 0.15) is 21.9 Å². The Labute approximate surface area is 131 Å². The van der Waals surface area contributed by atoms with Gasteiger partial charge >= 0.3 is 5.97 Å². The number of esters is 1. The van der Waals surface area contributed by atoms with E-state index in [2.05, 4.69) is 10.1 Å². The first-order valence-corrected chi connectivity index (χ1v) is 6.92. The van der Waals surface area contributed by atoms with Crippen molar-refractivity contribution in [1.29, 1.82) is 0 Å². The first-order valence-electron chi connectivity index (χ1n) is 6.54. The van der Waals surface area contributed by atoms with Crippen molar-refractivity contribution in [1.82, 2.24) is 14.8 Å². The fourth-order valence-electron chi connectivity index (χ4n) is 1.84. The summed E-state index contributed by atoms with van der Waals surface area (Å²) in [5.41, 5.74) is 0.751. The quantitative estimate of drug-likeness (QED) is 0.534. The lowest BCUT2D eigenvalue weighted by atomic mass is 10.3. The predicted molar refractivity (Wildman–Crippen MR) is 78.4 cm³/mol. The molecule has 0 aliphatic rings. The van der Waals surface area contributed by atoms with Crippen LogP contribution in [0.4, 0.5) is 0 Å². The number of furan rings is 1. The van der Waals surface area contributed by atoms with Crippen molar-refractivity contribution in [2.75, 3.05) is 0 Å². The summed E-state index contributed by atoms with van der Waals surface area (Å²) in [5.74, 6) is 0.259. The maximum atomic E-state index is 11.9. The largest absolute Gasteiger partial charge is 0.455 e. The molecule has 0 N–H and O–H groups in total. The van der Waals surface area contributed by atoms with Gasteiger partial charge in [-0.25, -0.2) is 9.78 Å². The highest BCUT2D eigenvalue weighted by Crippen LogP contribution is 2.12. The van der Waals surface area contributed by atoms with Crippen LogP contribution in [0.5, 0.6) is 0 Å². The lowest BCUT2D eigenvalue weighted by molar-refractivity contribution is 0.0433. The summed E-state index contributed by atoms with van der Waals surface area (Å²) in [7, 11) is 0. The molecule has 0 saturated heterocycles. The molecule has 0 aliphatic heterocycles. The molecule has 22 heavy (non-hydrogen) atoms. The zero-order valence-corrected chi connectivity index (χ0v) is 12.2. The van der Waals surface area contributed by atoms with E-state index in [-0.39, 0.29) is 12.4 Å². The summed E-state index contributed by atoms with van der Waals surface area (Å²) in [4.78, 5) is 15.8. The molecule has 0 aromatic carbocycles. The number of carbonyl (C=O) groups is 1. The number of hydrogen-bond acceptors (Lipinski definition) is 5. The van der Waals surface area contributed by atoms with Crippen LogP contribution in [0.3, 0.4) is 0 Å². The van der Waals surface area contributed by atoms with Gasteiger partial charge in [-0.1, -0.05) is 17.7 Å². The summed E-state index contributed by atoms with van der Waals surface area (Å²) >= 11 is 5.69. The van der Waals surface area contributed by atoms with Gasteiger partial charge in [0.2, 0.25) is 5.76 Å². The summed E-state index contributed by atoms with van der Waals surface area (Å²) in [5, 5.41) is 4.46. The maximum absolute atomic E-state index is 11.9. The molecule has 0 saturated carbocycles. The molecule has 3 aromatic heterocycles. The van der Waals surface area contributed by atoms with Crippen molar-refractivity contribution in [2.24, 2.45) is 0 Å². The van der Waals surface area contributed by atoms with E-state index in [4.69, 9.17) is 20.8 Å². The van der Waals surface area contributed by atoms with E-state index in [1.165, 1.54) is 0 Å². The first kappa shape index (κ1) is 14.3. The molecule has 0 atom stereocenters. The van der Waals surface area contributed by atoms with E-state index in [1.807, 2.05) is 12.3 Å². The van der Waals surface area contributed by atoms with E-state index < -0.39 is 5.97 Å². The highest BCUT2D eigenvalue weighted by atomic mass is 35.5. The second-order valence-electron chi connectivity index (χ2n) is 4.53. The smallest absolute Gasteiger partial charge is 0.374 e. The third-order valence-electron chi connectivity index (χ3n) is 2.90. The molecular weight excluding hydrogens is 306 g/mol. The van der Waals surface area contributed by atoms with Gasteiger partial charge in [-0.2, -0.15) is 5.10 Å². The molecule has 6 nitrogen and oxygen atoms in total. The first-order chi connectivity index (χ1) is 10.7. The van der Waals surface area contributed by atoms with Crippen molar-refractivity contribution in [3.05, 3.63) is 71.2 Å². The Morgan fingerprint density at radius 2 is 2.23 bits per heavy atom. The summed E-state index contributed by atoms with van der Waals surface area (Å²) in [6, 6.07) is 8.51. The Morgan fingerprint density at radius 3 is 2.95 bits per heavy atom. The number of ether oxygens (including phenoxy) is 1. The molecule has 3 heterocycles. The molecule has 0 amide bonds. The van der Waals surface area contributed by atoms with Crippen LogP contribution >= 0.6 is 11.6 Å². The van der Waals surface area contributed by atoms with Crippen LogP contribution in [-0.2, 0) is 17.9 Å². The molecule has 3 rings (SSSR count). The second kappa shape index (κ2) is 6.44. The van der Waals surface area contributed by atoms with Crippen LogP contribution in [0.25, 0.3) is 0 Å². The van der Waals surface area contributed by atoms with Gasteiger partial charge in [0, 0.05) is 24.2 Å². The Balaban J connectivity index is 1.58. The van der Waals surface area contributed by atoms with Crippen molar-refractivity contribution < 1.29 is 13.9 Å². The SMILES string of the molecule is O=C(OCc1ccc(Cl)nc1)c1ccc(Cn2cccn2)o1. The van der Waals surface area contributed by atoms with Crippen molar-refractivity contribution in [3.63, 3.8) is 0 Å². The molecule has 0 spiro atoms. The molecule has 7 heteroatoms. The number of halogens is 1. The standard InChI is InChI=1S/C15H12ClN3O3/c16-14-5-2-11(8-17-14)10-21-15(20)13-4-3-12(22-13)9-19-7-1-6-18-19/h1-8H,9-10H2. The highest BCUT2D eigenvalue weighted by Gasteiger charge is 2.13. The van der Waals surface area contributed by atoms with Gasteiger partial charge in [0.1, 0.15) is 17.5 Å². The lowest BCUT2D eigenvalue weighted by Gasteiger charge is -2.03. The predicted octanol–water partition coefficient (Wildman–Crippen LogP) is 2.93. The molecule has 0 fully saturated rings. The van der Waals surface area contributed by atoms with Crippen molar-refractivity contribution >= 4 is 17.6 Å². The number of hydrogen-bond donors (Lipinski definition) is 0. The molecule has 112 valence electrons. The van der Waals surface area contributed by atoms with Crippen molar-refractivity contribution in [2.45, 2.75) is 13.2 Å². The van der Waals surface area contributed by atoms with Gasteiger partial charge < -0.3 is 9.15 Å². The zero-order chi connectivity index (χ0) is 15.4. The Kier molecular flexibility index (Phi) is 4.20. The molecule has 0 bridgehead atoms. The van der Waals surface area contributed by atoms with Crippen LogP contribution in [-0.4, -0.2) is 20.7 Å². The topological polar surface area (TPSA) is 70.2 Å². The van der Waals surface area contributed by atoms with Crippen LogP contribution < -0.4 is 0 Å². The minimum Gasteiger partial charge on any atom is -0.455 e. The third kappa shape index (κ3) is 3.53. The number of aromatic nitrogens is 3. The average Bonchev–Trinajstić information content (AvgIpc) is 3.19. The van der Waals surface area contributed by atoms with Gasteiger partial charge in [-0.3, -0.25) is 4.68 Å². The van der Waals surface area contributed by atoms with Crippen molar-refractivity contribution in [3.8, 4) is 0 Å². The van der Waals surface area contributed by atoms with E-state index >= 15 is 0 Å². The molecule has 3 aromatic rings. The fraction of sp³-hybridized carbons (Fsp3) is 0.133. The minimum absolute atomic E-state index is 0.109.